The van der Waals surface area contributed by atoms with Gasteiger partial charge in [0.2, 0.25) is 10.0 Å². The summed E-state index contributed by atoms with van der Waals surface area (Å²) in [6.45, 7) is 8.19. The molecule has 5 heteroatoms. The first-order valence-corrected chi connectivity index (χ1v) is 8.80. The molecule has 0 bridgehead atoms. The Kier molecular flexibility index (Phi) is 4.54. The van der Waals surface area contributed by atoms with Gasteiger partial charge in [0.25, 0.3) is 0 Å². The number of hydrogen-bond donors (Lipinski definition) is 0. The van der Waals surface area contributed by atoms with Crippen LogP contribution in [0.1, 0.15) is 44.5 Å². The molecule has 1 aliphatic rings. The molecule has 0 N–H and O–H groups in total. The third-order valence-corrected chi connectivity index (χ3v) is 6.38. The monoisotopic (exact) mass is 309 g/mol. The second kappa shape index (κ2) is 5.89. The van der Waals surface area contributed by atoms with Crippen LogP contribution in [0.2, 0.25) is 0 Å². The predicted octanol–water partition coefficient (Wildman–Crippen LogP) is 2.94. The third-order valence-electron chi connectivity index (χ3n) is 4.41. The van der Waals surface area contributed by atoms with Crippen LogP contribution in [0.15, 0.2) is 29.2 Å². The highest BCUT2D eigenvalue weighted by Gasteiger charge is 2.37. The summed E-state index contributed by atoms with van der Waals surface area (Å²) in [4.78, 5) is 11.6. The van der Waals surface area contributed by atoms with E-state index < -0.39 is 10.0 Å². The average Bonchev–Trinajstić information content (AvgIpc) is 2.42. The third kappa shape index (κ3) is 3.19. The number of nitrogens with zero attached hydrogens (tertiary/aromatic N) is 1. The van der Waals surface area contributed by atoms with Crippen LogP contribution in [0.3, 0.4) is 0 Å². The van der Waals surface area contributed by atoms with Crippen LogP contribution in [0.5, 0.6) is 0 Å². The molecule has 3 unspecified atom stereocenters. The van der Waals surface area contributed by atoms with Crippen molar-refractivity contribution >= 4 is 15.8 Å². The second-order valence-electron chi connectivity index (χ2n) is 6.21. The molecule has 1 aromatic carbocycles. The summed E-state index contributed by atoms with van der Waals surface area (Å²) in [5, 5.41) is 0. The standard InChI is InChI=1S/C16H23NO3S/c1-11-9-12(2)13(3)17(10-11)21(19,20)16-7-5-15(6-8-16)14(4)18/h5-8,11-13H,9-10H2,1-4H3. The Balaban J connectivity index is 2.34. The number of Topliss-reactive ketones (excluding diaryl/α,β-unsaturated/α-hetero) is 1. The molecule has 3 atom stereocenters. The van der Waals surface area contributed by atoms with Gasteiger partial charge in [-0.1, -0.05) is 26.0 Å². The lowest BCUT2D eigenvalue weighted by Crippen LogP contribution is -2.48. The zero-order valence-corrected chi connectivity index (χ0v) is 13.9. The maximum absolute atomic E-state index is 12.8. The molecule has 2 rings (SSSR count). The maximum Gasteiger partial charge on any atom is 0.243 e. The lowest BCUT2D eigenvalue weighted by atomic mass is 9.88. The van der Waals surface area contributed by atoms with E-state index in [1.165, 1.54) is 19.1 Å². The highest BCUT2D eigenvalue weighted by Crippen LogP contribution is 2.31. The first kappa shape index (κ1) is 16.2. The summed E-state index contributed by atoms with van der Waals surface area (Å²) < 4.78 is 27.2. The zero-order chi connectivity index (χ0) is 15.8. The molecule has 1 aromatic rings. The largest absolute Gasteiger partial charge is 0.295 e. The first-order valence-electron chi connectivity index (χ1n) is 7.36. The van der Waals surface area contributed by atoms with E-state index in [2.05, 4.69) is 13.8 Å². The molecule has 0 aliphatic carbocycles. The molecule has 0 amide bonds. The number of benzene rings is 1. The summed E-state index contributed by atoms with van der Waals surface area (Å²) in [5.41, 5.74) is 0.530. The Morgan fingerprint density at radius 1 is 1.14 bits per heavy atom. The van der Waals surface area contributed by atoms with E-state index in [0.29, 0.717) is 23.9 Å². The van der Waals surface area contributed by atoms with E-state index in [4.69, 9.17) is 0 Å². The van der Waals surface area contributed by atoms with Crippen molar-refractivity contribution in [1.29, 1.82) is 0 Å². The number of hydrogen-bond acceptors (Lipinski definition) is 3. The summed E-state index contributed by atoms with van der Waals surface area (Å²) in [6, 6.07) is 6.22. The molecule has 116 valence electrons. The highest BCUT2D eigenvalue weighted by atomic mass is 32.2. The molecule has 1 heterocycles. The van der Waals surface area contributed by atoms with E-state index in [-0.39, 0.29) is 16.7 Å². The summed E-state index contributed by atoms with van der Waals surface area (Å²) in [7, 11) is -3.50. The zero-order valence-electron chi connectivity index (χ0n) is 13.0. The normalized spacial score (nSPS) is 27.5. The quantitative estimate of drug-likeness (QED) is 0.807. The Bertz CT molecular complexity index is 621. The Morgan fingerprint density at radius 3 is 2.24 bits per heavy atom. The SMILES string of the molecule is CC(=O)c1ccc(S(=O)(=O)N2CC(C)CC(C)C2C)cc1. The van der Waals surface area contributed by atoms with Crippen LogP contribution >= 0.6 is 0 Å². The van der Waals surface area contributed by atoms with Crippen LogP contribution < -0.4 is 0 Å². The summed E-state index contributed by atoms with van der Waals surface area (Å²) >= 11 is 0. The minimum absolute atomic E-state index is 0.00122. The fourth-order valence-electron chi connectivity index (χ4n) is 2.98. The van der Waals surface area contributed by atoms with Crippen molar-refractivity contribution in [3.63, 3.8) is 0 Å². The first-order chi connectivity index (χ1) is 9.73. The lowest BCUT2D eigenvalue weighted by Gasteiger charge is -2.40. The van der Waals surface area contributed by atoms with Gasteiger partial charge in [-0.15, -0.1) is 0 Å². The smallest absolute Gasteiger partial charge is 0.243 e. The Morgan fingerprint density at radius 2 is 1.71 bits per heavy atom. The minimum atomic E-state index is -3.50. The van der Waals surface area contributed by atoms with Gasteiger partial charge in [0.15, 0.2) is 5.78 Å². The molecule has 0 aromatic heterocycles. The highest BCUT2D eigenvalue weighted by molar-refractivity contribution is 7.89. The average molecular weight is 309 g/mol. The molecule has 0 radical (unpaired) electrons. The number of ketones is 1. The molecular weight excluding hydrogens is 286 g/mol. The lowest BCUT2D eigenvalue weighted by molar-refractivity contribution is 0.101. The molecule has 1 fully saturated rings. The number of carbonyl (C=O) groups is 1. The van der Waals surface area contributed by atoms with Gasteiger partial charge in [-0.2, -0.15) is 4.31 Å². The van der Waals surface area contributed by atoms with E-state index in [0.717, 1.165) is 6.42 Å². The topological polar surface area (TPSA) is 54.5 Å². The second-order valence-corrected chi connectivity index (χ2v) is 8.10. The van der Waals surface area contributed by atoms with E-state index in [1.54, 1.807) is 16.4 Å². The van der Waals surface area contributed by atoms with E-state index in [9.17, 15) is 13.2 Å². The molecule has 4 nitrogen and oxygen atoms in total. The van der Waals surface area contributed by atoms with Crippen molar-refractivity contribution in [2.45, 2.75) is 45.1 Å². The van der Waals surface area contributed by atoms with Crippen molar-refractivity contribution in [3.8, 4) is 0 Å². The number of rotatable bonds is 3. The van der Waals surface area contributed by atoms with Gasteiger partial charge >= 0.3 is 0 Å². The van der Waals surface area contributed by atoms with Crippen molar-refractivity contribution in [2.24, 2.45) is 11.8 Å². The molecule has 1 saturated heterocycles. The number of sulfonamides is 1. The Hall–Kier alpha value is -1.20. The van der Waals surface area contributed by atoms with Crippen molar-refractivity contribution in [3.05, 3.63) is 29.8 Å². The maximum atomic E-state index is 12.8. The van der Waals surface area contributed by atoms with Gasteiger partial charge in [0.05, 0.1) is 4.90 Å². The van der Waals surface area contributed by atoms with Gasteiger partial charge in [0.1, 0.15) is 0 Å². The number of piperidine rings is 1. The van der Waals surface area contributed by atoms with E-state index in [1.807, 2.05) is 6.92 Å². The summed E-state index contributed by atoms with van der Waals surface area (Å²) in [6.07, 6.45) is 1.05. The minimum Gasteiger partial charge on any atom is -0.295 e. The summed E-state index contributed by atoms with van der Waals surface area (Å²) in [5.74, 6) is 0.648. The van der Waals surface area contributed by atoms with Crippen LogP contribution in [0.25, 0.3) is 0 Å². The molecular formula is C16H23NO3S. The molecule has 0 spiro atoms. The van der Waals surface area contributed by atoms with Gasteiger partial charge < -0.3 is 0 Å². The van der Waals surface area contributed by atoms with Crippen LogP contribution in [-0.2, 0) is 10.0 Å². The number of carbonyl (C=O) groups excluding carboxylic acids is 1. The van der Waals surface area contributed by atoms with Crippen molar-refractivity contribution in [1.82, 2.24) is 4.31 Å². The Labute approximate surface area is 127 Å². The van der Waals surface area contributed by atoms with Crippen LogP contribution in [0.4, 0.5) is 0 Å². The van der Waals surface area contributed by atoms with Crippen LogP contribution in [-0.4, -0.2) is 31.1 Å². The van der Waals surface area contributed by atoms with Gasteiger partial charge in [0, 0.05) is 18.2 Å². The fraction of sp³-hybridized carbons (Fsp3) is 0.562. The van der Waals surface area contributed by atoms with Gasteiger partial charge in [-0.05, 0) is 44.2 Å². The van der Waals surface area contributed by atoms with Crippen LogP contribution in [0, 0.1) is 11.8 Å². The van der Waals surface area contributed by atoms with Crippen molar-refractivity contribution < 1.29 is 13.2 Å². The molecule has 1 aliphatic heterocycles. The molecule has 0 saturated carbocycles. The molecule has 21 heavy (non-hydrogen) atoms. The van der Waals surface area contributed by atoms with E-state index >= 15 is 0 Å². The predicted molar refractivity (Wildman–Crippen MR) is 82.7 cm³/mol. The van der Waals surface area contributed by atoms with Crippen molar-refractivity contribution in [2.75, 3.05) is 6.54 Å². The van der Waals surface area contributed by atoms with Gasteiger partial charge in [-0.3, -0.25) is 4.79 Å². The fourth-order valence-corrected chi connectivity index (χ4v) is 4.82. The van der Waals surface area contributed by atoms with Gasteiger partial charge in [-0.25, -0.2) is 8.42 Å².